The number of nitriles is 1. The van der Waals surface area contributed by atoms with Gasteiger partial charge >= 0.3 is 0 Å². The Labute approximate surface area is 146 Å². The molecule has 1 saturated heterocycles. The van der Waals surface area contributed by atoms with Gasteiger partial charge in [-0.15, -0.1) is 5.10 Å². The average Bonchev–Trinajstić information content (AvgIpc) is 3.30. The first-order chi connectivity index (χ1) is 12.2. The minimum atomic E-state index is -0.631. The second-order valence-corrected chi connectivity index (χ2v) is 6.61. The number of hydrogen-bond acceptors (Lipinski definition) is 5. The van der Waals surface area contributed by atoms with E-state index < -0.39 is 5.92 Å². The van der Waals surface area contributed by atoms with Crippen LogP contribution < -0.4 is 9.64 Å². The van der Waals surface area contributed by atoms with Gasteiger partial charge in [0.05, 0.1) is 6.07 Å². The smallest absolute Gasteiger partial charge is 0.243 e. The quantitative estimate of drug-likeness (QED) is 0.901. The molecule has 2 aliphatic heterocycles. The summed E-state index contributed by atoms with van der Waals surface area (Å²) >= 11 is 0. The van der Waals surface area contributed by atoms with Crippen LogP contribution in [-0.2, 0) is 6.42 Å². The van der Waals surface area contributed by atoms with E-state index in [-0.39, 0.29) is 11.8 Å². The van der Waals surface area contributed by atoms with Gasteiger partial charge in [-0.1, -0.05) is 19.1 Å². The Kier molecular flexibility index (Phi) is 3.92. The van der Waals surface area contributed by atoms with Crippen LogP contribution in [0.1, 0.15) is 42.5 Å². The largest absolute Gasteiger partial charge is 0.422 e. The number of aromatic nitrogens is 2. The van der Waals surface area contributed by atoms with Crippen LogP contribution in [0.3, 0.4) is 0 Å². The third-order valence-corrected chi connectivity index (χ3v) is 5.20. The van der Waals surface area contributed by atoms with Gasteiger partial charge < -0.3 is 9.64 Å². The first-order valence-electron chi connectivity index (χ1n) is 8.81. The zero-order valence-corrected chi connectivity index (χ0v) is 14.2. The Morgan fingerprint density at radius 2 is 2.04 bits per heavy atom. The maximum atomic E-state index is 9.64. The fourth-order valence-corrected chi connectivity index (χ4v) is 3.88. The maximum Gasteiger partial charge on any atom is 0.243 e. The standard InChI is InChI=1S/C19H21N5O/c1-2-15-17-16(14(11-20)18(21)25-19(17)23-22-15)12-5-7-13(8-6-12)24-9-3-4-10-24/h5-8,14,16,21H,2-4,9-10H2,1H3,(H,22,23). The summed E-state index contributed by atoms with van der Waals surface area (Å²) in [5, 5.41) is 24.9. The van der Waals surface area contributed by atoms with Crippen molar-refractivity contribution in [3.63, 3.8) is 0 Å². The van der Waals surface area contributed by atoms with Crippen molar-refractivity contribution >= 4 is 11.6 Å². The Hall–Kier alpha value is -2.81. The Balaban J connectivity index is 1.75. The van der Waals surface area contributed by atoms with Gasteiger partial charge in [-0.25, -0.2) is 0 Å². The number of nitrogens with zero attached hydrogens (tertiary/aromatic N) is 3. The van der Waals surface area contributed by atoms with E-state index in [0.717, 1.165) is 36.3 Å². The summed E-state index contributed by atoms with van der Waals surface area (Å²) in [5.74, 6) is -0.449. The maximum absolute atomic E-state index is 9.64. The summed E-state index contributed by atoms with van der Waals surface area (Å²) in [7, 11) is 0. The molecule has 0 bridgehead atoms. The summed E-state index contributed by atoms with van der Waals surface area (Å²) in [6.07, 6.45) is 3.26. The van der Waals surface area contributed by atoms with E-state index >= 15 is 0 Å². The molecule has 2 aromatic rings. The lowest BCUT2D eigenvalue weighted by Crippen LogP contribution is -2.31. The van der Waals surface area contributed by atoms with Crippen LogP contribution in [0.15, 0.2) is 24.3 Å². The van der Waals surface area contributed by atoms with Gasteiger partial charge in [0.15, 0.2) is 0 Å². The van der Waals surface area contributed by atoms with Gasteiger partial charge in [-0.3, -0.25) is 10.5 Å². The third kappa shape index (κ3) is 2.56. The fraction of sp³-hybridized carbons (Fsp3) is 0.421. The number of H-pyrrole nitrogens is 1. The second-order valence-electron chi connectivity index (χ2n) is 6.61. The highest BCUT2D eigenvalue weighted by molar-refractivity contribution is 5.84. The molecule has 0 spiro atoms. The third-order valence-electron chi connectivity index (χ3n) is 5.20. The Morgan fingerprint density at radius 1 is 1.32 bits per heavy atom. The molecule has 3 heterocycles. The summed E-state index contributed by atoms with van der Waals surface area (Å²) in [4.78, 5) is 2.39. The SMILES string of the molecule is CCc1[nH]nc2c1C(c1ccc(N3CCCC3)cc1)C(C#N)C(=N)O2. The fourth-order valence-electron chi connectivity index (χ4n) is 3.88. The van der Waals surface area contributed by atoms with Crippen molar-refractivity contribution in [1.82, 2.24) is 10.2 Å². The van der Waals surface area contributed by atoms with Crippen LogP contribution in [-0.4, -0.2) is 29.2 Å². The molecule has 0 saturated carbocycles. The van der Waals surface area contributed by atoms with Gasteiger partial charge in [0, 0.05) is 36.0 Å². The van der Waals surface area contributed by atoms with Crippen LogP contribution >= 0.6 is 0 Å². The molecule has 0 aliphatic carbocycles. The molecular formula is C19H21N5O. The first-order valence-corrected chi connectivity index (χ1v) is 8.81. The number of ether oxygens (including phenoxy) is 1. The van der Waals surface area contributed by atoms with Crippen molar-refractivity contribution in [2.24, 2.45) is 5.92 Å². The molecule has 1 aromatic carbocycles. The van der Waals surface area contributed by atoms with E-state index in [2.05, 4.69) is 45.4 Å². The van der Waals surface area contributed by atoms with Crippen LogP contribution in [0.4, 0.5) is 5.69 Å². The van der Waals surface area contributed by atoms with E-state index in [9.17, 15) is 5.26 Å². The molecule has 2 N–H and O–H groups in total. The van der Waals surface area contributed by atoms with Crippen molar-refractivity contribution in [1.29, 1.82) is 10.7 Å². The van der Waals surface area contributed by atoms with Crippen LogP contribution in [0.2, 0.25) is 0 Å². The highest BCUT2D eigenvalue weighted by atomic mass is 16.5. The number of nitrogens with one attached hydrogen (secondary N) is 2. The van der Waals surface area contributed by atoms with Gasteiger partial charge in [-0.05, 0) is 37.0 Å². The summed E-state index contributed by atoms with van der Waals surface area (Å²) in [6, 6.07) is 10.7. The van der Waals surface area contributed by atoms with E-state index in [1.54, 1.807) is 0 Å². The second kappa shape index (κ2) is 6.25. The first kappa shape index (κ1) is 15.7. The van der Waals surface area contributed by atoms with Crippen LogP contribution in [0, 0.1) is 22.7 Å². The molecule has 6 nitrogen and oxygen atoms in total. The van der Waals surface area contributed by atoms with Crippen LogP contribution in [0.5, 0.6) is 5.88 Å². The molecule has 0 radical (unpaired) electrons. The van der Waals surface area contributed by atoms with E-state index in [1.807, 2.05) is 6.92 Å². The monoisotopic (exact) mass is 335 g/mol. The predicted octanol–water partition coefficient (Wildman–Crippen LogP) is 3.21. The number of aromatic amines is 1. The van der Waals surface area contributed by atoms with Crippen molar-refractivity contribution in [2.75, 3.05) is 18.0 Å². The lowest BCUT2D eigenvalue weighted by Gasteiger charge is -2.28. The number of benzene rings is 1. The van der Waals surface area contributed by atoms with Crippen LogP contribution in [0.25, 0.3) is 0 Å². The molecule has 1 fully saturated rings. The summed E-state index contributed by atoms with van der Waals surface area (Å²) in [6.45, 7) is 4.25. The minimum Gasteiger partial charge on any atom is -0.422 e. The lowest BCUT2D eigenvalue weighted by molar-refractivity contribution is 0.436. The molecule has 2 atom stereocenters. The summed E-state index contributed by atoms with van der Waals surface area (Å²) in [5.41, 5.74) is 4.13. The molecule has 2 unspecified atom stereocenters. The number of rotatable bonds is 3. The van der Waals surface area contributed by atoms with E-state index in [0.29, 0.717) is 5.88 Å². The Bertz CT molecular complexity index is 826. The summed E-state index contributed by atoms with van der Waals surface area (Å²) < 4.78 is 5.48. The van der Waals surface area contributed by atoms with Gasteiger partial charge in [0.1, 0.15) is 5.92 Å². The number of aryl methyl sites for hydroxylation is 1. The molecule has 2 aliphatic rings. The lowest BCUT2D eigenvalue weighted by atomic mass is 9.79. The van der Waals surface area contributed by atoms with Gasteiger partial charge in [0.25, 0.3) is 0 Å². The average molecular weight is 335 g/mol. The van der Waals surface area contributed by atoms with Crippen molar-refractivity contribution < 1.29 is 4.74 Å². The zero-order chi connectivity index (χ0) is 17.4. The predicted molar refractivity (Wildman–Crippen MR) is 95.2 cm³/mol. The Morgan fingerprint density at radius 3 is 2.68 bits per heavy atom. The molecular weight excluding hydrogens is 314 g/mol. The molecule has 6 heteroatoms. The van der Waals surface area contributed by atoms with E-state index in [1.165, 1.54) is 18.5 Å². The topological polar surface area (TPSA) is 88.8 Å². The van der Waals surface area contributed by atoms with Crippen molar-refractivity contribution in [2.45, 2.75) is 32.1 Å². The normalized spacial score (nSPS) is 22.4. The highest BCUT2D eigenvalue weighted by Crippen LogP contribution is 2.43. The number of fused-ring (bicyclic) bond motifs is 1. The van der Waals surface area contributed by atoms with E-state index in [4.69, 9.17) is 10.1 Å². The molecule has 1 aromatic heterocycles. The highest BCUT2D eigenvalue weighted by Gasteiger charge is 2.40. The molecule has 4 rings (SSSR count). The molecule has 128 valence electrons. The molecule has 25 heavy (non-hydrogen) atoms. The van der Waals surface area contributed by atoms with Crippen molar-refractivity contribution in [3.05, 3.63) is 41.1 Å². The number of hydrogen-bond donors (Lipinski definition) is 2. The van der Waals surface area contributed by atoms with Gasteiger partial charge in [-0.2, -0.15) is 5.26 Å². The zero-order valence-electron chi connectivity index (χ0n) is 14.2. The number of anilines is 1. The minimum absolute atomic E-state index is 0.0298. The van der Waals surface area contributed by atoms with Crippen molar-refractivity contribution in [3.8, 4) is 11.9 Å². The molecule has 0 amide bonds. The van der Waals surface area contributed by atoms with Gasteiger partial charge in [0.2, 0.25) is 11.8 Å².